The highest BCUT2D eigenvalue weighted by molar-refractivity contribution is 9.10. The molecule has 0 atom stereocenters. The van der Waals surface area contributed by atoms with Crippen molar-refractivity contribution < 1.29 is 19.1 Å². The van der Waals surface area contributed by atoms with Crippen LogP contribution in [-0.4, -0.2) is 28.3 Å². The number of benzene rings is 3. The minimum Gasteiger partial charge on any atom is -0.493 e. The first-order valence-corrected chi connectivity index (χ1v) is 13.0. The van der Waals surface area contributed by atoms with Gasteiger partial charge in [-0.2, -0.15) is 5.01 Å². The molecule has 4 rings (SSSR count). The van der Waals surface area contributed by atoms with Crippen molar-refractivity contribution in [1.82, 2.24) is 10.4 Å². The van der Waals surface area contributed by atoms with Gasteiger partial charge in [0, 0.05) is 5.56 Å². The number of nitrogens with zero attached hydrogens (tertiary/aromatic N) is 1. The molecule has 1 fully saturated rings. The molecule has 1 saturated heterocycles. The molecule has 184 valence electrons. The Morgan fingerprint density at radius 2 is 1.81 bits per heavy atom. The average Bonchev–Trinajstić information content (AvgIpc) is 3.11. The van der Waals surface area contributed by atoms with Gasteiger partial charge in [-0.25, -0.2) is 0 Å². The number of methoxy groups -OCH3 is 1. The Hall–Kier alpha value is -3.14. The molecular formula is C27H23BrN2O4S2. The third-order valence-electron chi connectivity index (χ3n) is 5.58. The van der Waals surface area contributed by atoms with Crippen LogP contribution < -0.4 is 14.9 Å². The number of hydrogen-bond acceptors (Lipinski definition) is 6. The predicted molar refractivity (Wildman–Crippen MR) is 150 cm³/mol. The van der Waals surface area contributed by atoms with Crippen LogP contribution >= 0.6 is 39.9 Å². The lowest BCUT2D eigenvalue weighted by Gasteiger charge is -2.16. The third kappa shape index (κ3) is 5.64. The van der Waals surface area contributed by atoms with Gasteiger partial charge in [-0.1, -0.05) is 54.2 Å². The van der Waals surface area contributed by atoms with Crippen molar-refractivity contribution in [3.8, 4) is 11.5 Å². The number of amides is 2. The molecule has 0 saturated carbocycles. The molecule has 9 heteroatoms. The van der Waals surface area contributed by atoms with Crippen molar-refractivity contribution in [2.45, 2.75) is 20.5 Å². The van der Waals surface area contributed by atoms with Crippen LogP contribution in [0.3, 0.4) is 0 Å². The number of hydrogen-bond donors (Lipinski definition) is 1. The zero-order valence-corrected chi connectivity index (χ0v) is 23.1. The van der Waals surface area contributed by atoms with Crippen LogP contribution in [0.2, 0.25) is 0 Å². The summed E-state index contributed by atoms with van der Waals surface area (Å²) in [4.78, 5) is 26.1. The molecule has 0 unspecified atom stereocenters. The van der Waals surface area contributed by atoms with Crippen LogP contribution in [0.4, 0.5) is 0 Å². The smallest absolute Gasteiger partial charge is 0.285 e. The first-order chi connectivity index (χ1) is 17.3. The van der Waals surface area contributed by atoms with E-state index < -0.39 is 11.8 Å². The van der Waals surface area contributed by atoms with E-state index in [1.54, 1.807) is 31.4 Å². The quantitative estimate of drug-likeness (QED) is 0.264. The van der Waals surface area contributed by atoms with Crippen molar-refractivity contribution in [1.29, 1.82) is 0 Å². The lowest BCUT2D eigenvalue weighted by Crippen LogP contribution is -2.45. The second kappa shape index (κ2) is 11.3. The van der Waals surface area contributed by atoms with Crippen LogP contribution in [-0.2, 0) is 11.4 Å². The Labute approximate surface area is 227 Å². The highest BCUT2D eigenvalue weighted by atomic mass is 79.9. The monoisotopic (exact) mass is 582 g/mol. The second-order valence-corrected chi connectivity index (χ2v) is 10.6. The summed E-state index contributed by atoms with van der Waals surface area (Å²) in [6, 6.07) is 18.8. The van der Waals surface area contributed by atoms with Gasteiger partial charge in [0.05, 0.1) is 16.5 Å². The molecule has 0 aliphatic carbocycles. The Bertz CT molecular complexity index is 1390. The molecule has 0 spiro atoms. The van der Waals surface area contributed by atoms with Gasteiger partial charge in [-0.15, -0.1) is 0 Å². The third-order valence-corrected chi connectivity index (χ3v) is 7.47. The molecule has 1 aliphatic rings. The van der Waals surface area contributed by atoms with E-state index in [1.165, 1.54) is 0 Å². The summed E-state index contributed by atoms with van der Waals surface area (Å²) in [5, 5.41) is 1.10. The fourth-order valence-electron chi connectivity index (χ4n) is 3.59. The first kappa shape index (κ1) is 25.9. The topological polar surface area (TPSA) is 67.9 Å². The zero-order chi connectivity index (χ0) is 25.8. The highest BCUT2D eigenvalue weighted by Gasteiger charge is 2.34. The van der Waals surface area contributed by atoms with Crippen LogP contribution in [0.1, 0.15) is 32.6 Å². The fraction of sp³-hybridized carbons (Fsp3) is 0.148. The number of thiocarbonyl (C=S) groups is 1. The Kier molecular flexibility index (Phi) is 8.13. The predicted octanol–water partition coefficient (Wildman–Crippen LogP) is 6.20. The van der Waals surface area contributed by atoms with E-state index in [2.05, 4.69) is 21.4 Å². The molecule has 3 aromatic carbocycles. The molecule has 0 bridgehead atoms. The minimum absolute atomic E-state index is 0.248. The van der Waals surface area contributed by atoms with Crippen molar-refractivity contribution in [3.05, 3.63) is 97.9 Å². The maximum Gasteiger partial charge on any atom is 0.285 e. The van der Waals surface area contributed by atoms with Gasteiger partial charge in [0.15, 0.2) is 15.8 Å². The summed E-state index contributed by atoms with van der Waals surface area (Å²) in [6.07, 6.45) is 1.71. The number of aryl methyl sites for hydroxylation is 2. The molecule has 6 nitrogen and oxygen atoms in total. The number of thioether (sulfide) groups is 1. The van der Waals surface area contributed by atoms with E-state index in [-0.39, 0.29) is 4.32 Å². The Balaban J connectivity index is 1.53. The van der Waals surface area contributed by atoms with E-state index in [4.69, 9.17) is 21.7 Å². The lowest BCUT2D eigenvalue weighted by atomic mass is 10.1. The summed E-state index contributed by atoms with van der Waals surface area (Å²) >= 11 is 10.0. The molecule has 0 aromatic heterocycles. The van der Waals surface area contributed by atoms with Crippen LogP contribution in [0, 0.1) is 13.8 Å². The molecular weight excluding hydrogens is 560 g/mol. The number of nitrogens with one attached hydrogen (secondary N) is 1. The number of rotatable bonds is 7. The van der Waals surface area contributed by atoms with Gasteiger partial charge >= 0.3 is 0 Å². The van der Waals surface area contributed by atoms with Crippen LogP contribution in [0.5, 0.6) is 11.5 Å². The molecule has 3 aromatic rings. The van der Waals surface area contributed by atoms with Gasteiger partial charge in [0.1, 0.15) is 6.61 Å². The maximum atomic E-state index is 13.0. The second-order valence-electron chi connectivity index (χ2n) is 8.02. The standard InChI is InChI=1S/C27H23BrN2O4S2/c1-16-8-4-6-10-19(16)15-34-24-21(28)12-18(13-22(24)33-3)14-23-26(32)30(27(35)36-23)29-25(31)20-11-7-5-9-17(20)2/h4-14H,15H2,1-3H3,(H,29,31)/b23-14-. The first-order valence-electron chi connectivity index (χ1n) is 11.0. The van der Waals surface area contributed by atoms with Gasteiger partial charge in [0.25, 0.3) is 11.8 Å². The number of halogens is 1. The Morgan fingerprint density at radius 3 is 2.50 bits per heavy atom. The highest BCUT2D eigenvalue weighted by Crippen LogP contribution is 2.39. The molecule has 1 aliphatic heterocycles. The van der Waals surface area contributed by atoms with Crippen molar-refractivity contribution >= 4 is 62.1 Å². The number of carbonyl (C=O) groups excluding carboxylic acids is 2. The van der Waals surface area contributed by atoms with E-state index in [0.29, 0.717) is 38.6 Å². The summed E-state index contributed by atoms with van der Waals surface area (Å²) in [5.41, 5.74) is 6.83. The van der Waals surface area contributed by atoms with E-state index in [1.807, 2.05) is 56.3 Å². The van der Waals surface area contributed by atoms with Gasteiger partial charge in [0.2, 0.25) is 0 Å². The van der Waals surface area contributed by atoms with E-state index in [0.717, 1.165) is 33.5 Å². The Morgan fingerprint density at radius 1 is 1.11 bits per heavy atom. The largest absolute Gasteiger partial charge is 0.493 e. The van der Waals surface area contributed by atoms with Crippen molar-refractivity contribution in [2.24, 2.45) is 0 Å². The molecule has 2 amide bonds. The van der Waals surface area contributed by atoms with Gasteiger partial charge < -0.3 is 9.47 Å². The number of ether oxygens (including phenoxy) is 2. The van der Waals surface area contributed by atoms with E-state index >= 15 is 0 Å². The van der Waals surface area contributed by atoms with Crippen molar-refractivity contribution in [3.63, 3.8) is 0 Å². The molecule has 0 radical (unpaired) electrons. The molecule has 36 heavy (non-hydrogen) atoms. The SMILES string of the molecule is COc1cc(/C=C2\SC(=S)N(NC(=O)c3ccccc3C)C2=O)cc(Br)c1OCc1ccccc1C. The maximum absolute atomic E-state index is 13.0. The molecule has 1 heterocycles. The lowest BCUT2D eigenvalue weighted by molar-refractivity contribution is -0.123. The van der Waals surface area contributed by atoms with Crippen molar-refractivity contribution in [2.75, 3.05) is 7.11 Å². The summed E-state index contributed by atoms with van der Waals surface area (Å²) < 4.78 is 12.6. The fourth-order valence-corrected chi connectivity index (χ4v) is 5.34. The summed E-state index contributed by atoms with van der Waals surface area (Å²) in [7, 11) is 1.56. The zero-order valence-electron chi connectivity index (χ0n) is 19.8. The average molecular weight is 584 g/mol. The minimum atomic E-state index is -0.401. The summed E-state index contributed by atoms with van der Waals surface area (Å²) in [6.45, 7) is 4.26. The van der Waals surface area contributed by atoms with Gasteiger partial charge in [-0.3, -0.25) is 15.0 Å². The van der Waals surface area contributed by atoms with Crippen LogP contribution in [0.15, 0.2) is 70.0 Å². The number of hydrazine groups is 1. The van der Waals surface area contributed by atoms with E-state index in [9.17, 15) is 9.59 Å². The van der Waals surface area contributed by atoms with Crippen LogP contribution in [0.25, 0.3) is 6.08 Å². The summed E-state index contributed by atoms with van der Waals surface area (Å²) in [5.74, 6) is 0.288. The number of carbonyl (C=O) groups is 2. The normalized spacial score (nSPS) is 14.3. The van der Waals surface area contributed by atoms with Gasteiger partial charge in [-0.05, 0) is 88.5 Å². The molecule has 1 N–H and O–H groups in total.